The second kappa shape index (κ2) is 10.1. The van der Waals surface area contributed by atoms with Crippen molar-refractivity contribution in [3.05, 3.63) is 52.0 Å². The Bertz CT molecular complexity index is 1040. The number of phenolic OH excluding ortho intramolecular Hbond substituents is 1. The molecule has 0 heterocycles. The minimum atomic E-state index is -3.88. The molecule has 0 aromatic heterocycles. The molecular formula is C20H24BrN3O5S. The number of amides is 1. The first-order valence-corrected chi connectivity index (χ1v) is 11.3. The highest BCUT2D eigenvalue weighted by molar-refractivity contribution is 9.10. The molecule has 1 amide bonds. The van der Waals surface area contributed by atoms with Crippen LogP contribution in [-0.2, 0) is 14.8 Å². The fourth-order valence-corrected chi connectivity index (χ4v) is 4.31. The molecule has 0 spiro atoms. The first-order valence-electron chi connectivity index (χ1n) is 9.03. The van der Waals surface area contributed by atoms with Crippen molar-refractivity contribution in [2.24, 2.45) is 11.0 Å². The summed E-state index contributed by atoms with van der Waals surface area (Å²) < 4.78 is 33.2. The zero-order valence-corrected chi connectivity index (χ0v) is 19.4. The third-order valence-corrected chi connectivity index (χ3v) is 6.28. The summed E-state index contributed by atoms with van der Waals surface area (Å²) in [6, 6.07) is 8.46. The Balaban J connectivity index is 2.13. The van der Waals surface area contributed by atoms with Crippen molar-refractivity contribution in [2.75, 3.05) is 7.11 Å². The lowest BCUT2D eigenvalue weighted by Gasteiger charge is -2.20. The Morgan fingerprint density at radius 2 is 1.87 bits per heavy atom. The summed E-state index contributed by atoms with van der Waals surface area (Å²) in [4.78, 5) is 12.6. The van der Waals surface area contributed by atoms with Gasteiger partial charge in [-0.25, -0.2) is 13.8 Å². The number of carbonyl (C=O) groups is 1. The van der Waals surface area contributed by atoms with Crippen molar-refractivity contribution in [1.82, 2.24) is 10.1 Å². The number of hydrogen-bond donors (Lipinski definition) is 3. The van der Waals surface area contributed by atoms with Crippen molar-refractivity contribution >= 4 is 38.1 Å². The lowest BCUT2D eigenvalue weighted by atomic mass is 10.1. The second-order valence-electron chi connectivity index (χ2n) is 6.94. The zero-order chi connectivity index (χ0) is 22.5. The van der Waals surface area contributed by atoms with Crippen LogP contribution in [0.4, 0.5) is 0 Å². The van der Waals surface area contributed by atoms with Crippen LogP contribution in [0.2, 0.25) is 0 Å². The number of ether oxygens (including phenoxy) is 1. The fourth-order valence-electron chi connectivity index (χ4n) is 2.51. The quantitative estimate of drug-likeness (QED) is 0.382. The van der Waals surface area contributed by atoms with E-state index in [1.807, 2.05) is 6.92 Å². The van der Waals surface area contributed by atoms with Crippen molar-refractivity contribution in [2.45, 2.75) is 31.7 Å². The Labute approximate surface area is 184 Å². The van der Waals surface area contributed by atoms with Crippen LogP contribution >= 0.6 is 15.9 Å². The molecule has 3 N–H and O–H groups in total. The molecule has 0 aliphatic carbocycles. The van der Waals surface area contributed by atoms with E-state index in [0.29, 0.717) is 10.0 Å². The predicted octanol–water partition coefficient (Wildman–Crippen LogP) is 2.92. The Kier molecular flexibility index (Phi) is 7.99. The molecule has 2 rings (SSSR count). The highest BCUT2D eigenvalue weighted by Gasteiger charge is 2.28. The van der Waals surface area contributed by atoms with E-state index < -0.39 is 22.0 Å². The molecule has 0 aliphatic rings. The van der Waals surface area contributed by atoms with E-state index in [1.165, 1.54) is 31.5 Å². The number of nitrogens with zero attached hydrogens (tertiary/aromatic N) is 1. The van der Waals surface area contributed by atoms with E-state index in [1.54, 1.807) is 32.0 Å². The number of benzene rings is 2. The predicted molar refractivity (Wildman–Crippen MR) is 118 cm³/mol. The van der Waals surface area contributed by atoms with Gasteiger partial charge in [0, 0.05) is 0 Å². The summed E-state index contributed by atoms with van der Waals surface area (Å²) >= 11 is 3.20. The van der Waals surface area contributed by atoms with Gasteiger partial charge in [0.15, 0.2) is 11.5 Å². The number of aromatic hydroxyl groups is 1. The van der Waals surface area contributed by atoms with Gasteiger partial charge in [-0.05, 0) is 58.6 Å². The highest BCUT2D eigenvalue weighted by Crippen LogP contribution is 2.34. The zero-order valence-electron chi connectivity index (χ0n) is 17.0. The minimum Gasteiger partial charge on any atom is -0.503 e. The van der Waals surface area contributed by atoms with Crippen LogP contribution in [-0.4, -0.2) is 38.8 Å². The van der Waals surface area contributed by atoms with Crippen LogP contribution in [0.3, 0.4) is 0 Å². The minimum absolute atomic E-state index is 0.0518. The van der Waals surface area contributed by atoms with Gasteiger partial charge in [-0.15, -0.1) is 0 Å². The van der Waals surface area contributed by atoms with Gasteiger partial charge in [0.25, 0.3) is 5.91 Å². The Morgan fingerprint density at radius 3 is 2.43 bits per heavy atom. The van der Waals surface area contributed by atoms with Gasteiger partial charge in [-0.1, -0.05) is 31.5 Å². The number of nitrogens with one attached hydrogen (secondary N) is 2. The fraction of sp³-hybridized carbons (Fsp3) is 0.300. The molecule has 0 saturated heterocycles. The van der Waals surface area contributed by atoms with Gasteiger partial charge in [-0.2, -0.15) is 9.82 Å². The number of halogens is 1. The first-order chi connectivity index (χ1) is 14.0. The maximum Gasteiger partial charge on any atom is 0.258 e. The summed E-state index contributed by atoms with van der Waals surface area (Å²) in [6.45, 7) is 5.32. The van der Waals surface area contributed by atoms with E-state index in [-0.39, 0.29) is 22.3 Å². The van der Waals surface area contributed by atoms with Crippen molar-refractivity contribution < 1.29 is 23.1 Å². The van der Waals surface area contributed by atoms with Gasteiger partial charge >= 0.3 is 0 Å². The van der Waals surface area contributed by atoms with E-state index >= 15 is 0 Å². The number of aryl methyl sites for hydroxylation is 1. The molecule has 1 atom stereocenters. The van der Waals surface area contributed by atoms with Gasteiger partial charge < -0.3 is 9.84 Å². The van der Waals surface area contributed by atoms with Crippen LogP contribution in [0.25, 0.3) is 0 Å². The van der Waals surface area contributed by atoms with Crippen LogP contribution < -0.4 is 14.9 Å². The third kappa shape index (κ3) is 6.04. The largest absolute Gasteiger partial charge is 0.503 e. The average molecular weight is 498 g/mol. The first kappa shape index (κ1) is 23.8. The van der Waals surface area contributed by atoms with Gasteiger partial charge in [0.1, 0.15) is 6.04 Å². The van der Waals surface area contributed by atoms with E-state index in [9.17, 15) is 18.3 Å². The maximum atomic E-state index is 12.6. The molecule has 0 unspecified atom stereocenters. The second-order valence-corrected chi connectivity index (χ2v) is 9.51. The molecule has 0 saturated carbocycles. The molecule has 0 bridgehead atoms. The molecule has 162 valence electrons. The topological polar surface area (TPSA) is 117 Å². The van der Waals surface area contributed by atoms with Crippen LogP contribution in [0, 0.1) is 12.8 Å². The van der Waals surface area contributed by atoms with Crippen molar-refractivity contribution in [3.63, 3.8) is 0 Å². The summed E-state index contributed by atoms with van der Waals surface area (Å²) in [6.07, 6.45) is 1.36. The van der Waals surface area contributed by atoms with Crippen LogP contribution in [0.5, 0.6) is 11.5 Å². The molecule has 2 aromatic rings. The lowest BCUT2D eigenvalue weighted by Crippen LogP contribution is -2.48. The number of methoxy groups -OCH3 is 1. The standard InChI is InChI=1S/C20H24BrN3O5S/c1-12(2)18(24-30(27,28)15-7-5-13(3)6-8-15)20(26)23-22-11-14-9-16(21)19(25)17(10-14)29-4/h5-12,18,24-25H,1-4H3,(H,23,26)/b22-11-/t18-/m0/s1. The van der Waals surface area contributed by atoms with Crippen molar-refractivity contribution in [3.8, 4) is 11.5 Å². The van der Waals surface area contributed by atoms with Gasteiger partial charge in [0.05, 0.1) is 22.7 Å². The maximum absolute atomic E-state index is 12.6. The molecule has 0 radical (unpaired) electrons. The molecule has 10 heteroatoms. The average Bonchev–Trinajstić information content (AvgIpc) is 2.68. The number of sulfonamides is 1. The van der Waals surface area contributed by atoms with E-state index in [2.05, 4.69) is 31.2 Å². The van der Waals surface area contributed by atoms with Gasteiger partial charge in [0.2, 0.25) is 10.0 Å². The third-order valence-electron chi connectivity index (χ3n) is 4.22. The molecule has 8 nitrogen and oxygen atoms in total. The highest BCUT2D eigenvalue weighted by atomic mass is 79.9. The van der Waals surface area contributed by atoms with Gasteiger partial charge in [-0.3, -0.25) is 4.79 Å². The molecule has 0 aliphatic heterocycles. The Morgan fingerprint density at radius 1 is 1.23 bits per heavy atom. The number of hydrogen-bond acceptors (Lipinski definition) is 6. The normalized spacial score (nSPS) is 12.9. The molecular weight excluding hydrogens is 474 g/mol. The number of rotatable bonds is 8. The number of carbonyl (C=O) groups excluding carboxylic acids is 1. The Hall–Kier alpha value is -2.43. The summed E-state index contributed by atoms with van der Waals surface area (Å²) in [5.41, 5.74) is 3.84. The summed E-state index contributed by atoms with van der Waals surface area (Å²) in [5.74, 6) is -0.725. The molecule has 0 fully saturated rings. The molecule has 30 heavy (non-hydrogen) atoms. The molecule has 2 aromatic carbocycles. The van der Waals surface area contributed by atoms with Crippen LogP contribution in [0.1, 0.15) is 25.0 Å². The van der Waals surface area contributed by atoms with Crippen molar-refractivity contribution in [1.29, 1.82) is 0 Å². The number of phenols is 1. The SMILES string of the molecule is COc1cc(/C=N\NC(=O)[C@@H](NS(=O)(=O)c2ccc(C)cc2)C(C)C)cc(Br)c1O. The summed E-state index contributed by atoms with van der Waals surface area (Å²) in [5, 5.41) is 13.7. The van der Waals surface area contributed by atoms with E-state index in [4.69, 9.17) is 4.74 Å². The van der Waals surface area contributed by atoms with Crippen LogP contribution in [0.15, 0.2) is 50.9 Å². The van der Waals surface area contributed by atoms with E-state index in [0.717, 1.165) is 5.56 Å². The summed E-state index contributed by atoms with van der Waals surface area (Å²) in [7, 11) is -2.46. The smallest absolute Gasteiger partial charge is 0.258 e. The number of hydrazone groups is 1. The lowest BCUT2D eigenvalue weighted by molar-refractivity contribution is -0.123. The monoisotopic (exact) mass is 497 g/mol.